The number of aromatic nitrogens is 2. The van der Waals surface area contributed by atoms with Crippen LogP contribution in [0.2, 0.25) is 0 Å². The maximum Gasteiger partial charge on any atom is 0.239 e. The molecule has 1 aromatic heterocycles. The largest absolute Gasteiger partial charge is 0.437 e. The van der Waals surface area contributed by atoms with Crippen molar-refractivity contribution in [1.82, 2.24) is 10.2 Å². The minimum Gasteiger partial charge on any atom is -0.437 e. The van der Waals surface area contributed by atoms with Gasteiger partial charge in [-0.1, -0.05) is 32.9 Å². The molecule has 2 rings (SSSR count). The van der Waals surface area contributed by atoms with E-state index >= 15 is 0 Å². The SMILES string of the molecule is Cc1cc(C(C)(C)C)ccc1Oc1ccc(N)nn1. The Labute approximate surface area is 113 Å². The molecule has 0 saturated heterocycles. The predicted molar refractivity (Wildman–Crippen MR) is 76.4 cm³/mol. The summed E-state index contributed by atoms with van der Waals surface area (Å²) in [4.78, 5) is 0. The van der Waals surface area contributed by atoms with Crippen LogP contribution in [0.5, 0.6) is 11.6 Å². The van der Waals surface area contributed by atoms with Gasteiger partial charge in [-0.25, -0.2) is 0 Å². The standard InChI is InChI=1S/C15H19N3O/c1-10-9-11(15(2,3)4)5-6-12(10)19-14-8-7-13(16)17-18-14/h5-9H,1-4H3,(H2,16,17). The number of aryl methyl sites for hydroxylation is 1. The van der Waals surface area contributed by atoms with Crippen molar-refractivity contribution in [3.05, 3.63) is 41.5 Å². The first-order valence-electron chi connectivity index (χ1n) is 6.24. The highest BCUT2D eigenvalue weighted by Gasteiger charge is 2.15. The van der Waals surface area contributed by atoms with Gasteiger partial charge in [0.1, 0.15) is 11.6 Å². The van der Waals surface area contributed by atoms with Crippen molar-refractivity contribution in [2.75, 3.05) is 5.73 Å². The smallest absolute Gasteiger partial charge is 0.239 e. The summed E-state index contributed by atoms with van der Waals surface area (Å²) < 4.78 is 5.70. The molecular formula is C15H19N3O. The topological polar surface area (TPSA) is 61.0 Å². The maximum absolute atomic E-state index is 5.70. The van der Waals surface area contributed by atoms with Gasteiger partial charge in [-0.15, -0.1) is 10.2 Å². The second-order valence-electron chi connectivity index (χ2n) is 5.63. The van der Waals surface area contributed by atoms with Gasteiger partial charge >= 0.3 is 0 Å². The summed E-state index contributed by atoms with van der Waals surface area (Å²) in [5, 5.41) is 7.65. The van der Waals surface area contributed by atoms with E-state index < -0.39 is 0 Å². The second-order valence-corrected chi connectivity index (χ2v) is 5.63. The van der Waals surface area contributed by atoms with Crippen LogP contribution in [0, 0.1) is 6.92 Å². The molecular weight excluding hydrogens is 238 g/mol. The van der Waals surface area contributed by atoms with E-state index in [-0.39, 0.29) is 5.41 Å². The van der Waals surface area contributed by atoms with Crippen LogP contribution >= 0.6 is 0 Å². The maximum atomic E-state index is 5.70. The molecule has 0 aliphatic rings. The average Bonchev–Trinajstić information content (AvgIpc) is 2.33. The Kier molecular flexibility index (Phi) is 3.42. The lowest BCUT2D eigenvalue weighted by atomic mass is 9.86. The van der Waals surface area contributed by atoms with E-state index in [1.54, 1.807) is 12.1 Å². The molecule has 1 aromatic carbocycles. The Morgan fingerprint density at radius 2 is 1.79 bits per heavy atom. The summed E-state index contributed by atoms with van der Waals surface area (Å²) in [5.41, 5.74) is 7.97. The van der Waals surface area contributed by atoms with Crippen molar-refractivity contribution in [1.29, 1.82) is 0 Å². The highest BCUT2D eigenvalue weighted by atomic mass is 16.5. The van der Waals surface area contributed by atoms with Gasteiger partial charge < -0.3 is 10.5 Å². The number of hydrogen-bond donors (Lipinski definition) is 1. The summed E-state index contributed by atoms with van der Waals surface area (Å²) in [7, 11) is 0. The third-order valence-corrected chi connectivity index (χ3v) is 2.92. The van der Waals surface area contributed by atoms with Gasteiger partial charge in [0, 0.05) is 6.07 Å². The Morgan fingerprint density at radius 3 is 2.32 bits per heavy atom. The van der Waals surface area contributed by atoms with E-state index in [2.05, 4.69) is 43.1 Å². The number of ether oxygens (including phenoxy) is 1. The van der Waals surface area contributed by atoms with Gasteiger partial charge in [-0.3, -0.25) is 0 Å². The molecule has 4 heteroatoms. The highest BCUT2D eigenvalue weighted by Crippen LogP contribution is 2.29. The van der Waals surface area contributed by atoms with E-state index in [1.165, 1.54) is 5.56 Å². The normalized spacial score (nSPS) is 11.4. The minimum atomic E-state index is 0.129. The summed E-state index contributed by atoms with van der Waals surface area (Å²) in [6.45, 7) is 8.59. The van der Waals surface area contributed by atoms with Gasteiger partial charge in [0.05, 0.1) is 0 Å². The van der Waals surface area contributed by atoms with E-state index in [9.17, 15) is 0 Å². The summed E-state index contributed by atoms with van der Waals surface area (Å²) in [6.07, 6.45) is 0. The molecule has 0 radical (unpaired) electrons. The second kappa shape index (κ2) is 4.88. The molecule has 2 aromatic rings. The zero-order valence-electron chi connectivity index (χ0n) is 11.8. The quantitative estimate of drug-likeness (QED) is 0.895. The van der Waals surface area contributed by atoms with Crippen LogP contribution in [0.3, 0.4) is 0 Å². The molecule has 0 unspecified atom stereocenters. The molecule has 0 bridgehead atoms. The number of nitrogens with two attached hydrogens (primary N) is 1. The van der Waals surface area contributed by atoms with E-state index in [1.807, 2.05) is 13.0 Å². The lowest BCUT2D eigenvalue weighted by molar-refractivity contribution is 0.451. The van der Waals surface area contributed by atoms with Crippen molar-refractivity contribution in [3.63, 3.8) is 0 Å². The van der Waals surface area contributed by atoms with Crippen LogP contribution in [0.15, 0.2) is 30.3 Å². The molecule has 0 amide bonds. The first-order valence-corrected chi connectivity index (χ1v) is 6.24. The zero-order valence-corrected chi connectivity index (χ0v) is 11.8. The fourth-order valence-corrected chi connectivity index (χ4v) is 1.73. The van der Waals surface area contributed by atoms with Crippen LogP contribution in [0.25, 0.3) is 0 Å². The Morgan fingerprint density at radius 1 is 1.05 bits per heavy atom. The van der Waals surface area contributed by atoms with Gasteiger partial charge in [0.2, 0.25) is 5.88 Å². The summed E-state index contributed by atoms with van der Waals surface area (Å²) in [5.74, 6) is 1.61. The molecule has 0 saturated carbocycles. The molecule has 0 spiro atoms. The molecule has 0 aliphatic heterocycles. The van der Waals surface area contributed by atoms with E-state index in [0.29, 0.717) is 11.7 Å². The summed E-state index contributed by atoms with van der Waals surface area (Å²) in [6, 6.07) is 9.56. The third kappa shape index (κ3) is 3.22. The van der Waals surface area contributed by atoms with E-state index in [4.69, 9.17) is 10.5 Å². The molecule has 19 heavy (non-hydrogen) atoms. The predicted octanol–water partition coefficient (Wildman–Crippen LogP) is 3.46. The van der Waals surface area contributed by atoms with Gasteiger partial charge in [0.15, 0.2) is 0 Å². The minimum absolute atomic E-state index is 0.129. The van der Waals surface area contributed by atoms with Crippen molar-refractivity contribution >= 4 is 5.82 Å². The van der Waals surface area contributed by atoms with Gasteiger partial charge in [-0.05, 0) is 35.6 Å². The first kappa shape index (κ1) is 13.3. The first-order chi connectivity index (χ1) is 8.86. The average molecular weight is 257 g/mol. The molecule has 100 valence electrons. The van der Waals surface area contributed by atoms with Gasteiger partial charge in [0.25, 0.3) is 0 Å². The fraction of sp³-hybridized carbons (Fsp3) is 0.333. The van der Waals surface area contributed by atoms with Crippen molar-refractivity contribution < 1.29 is 4.74 Å². The molecule has 1 heterocycles. The highest BCUT2D eigenvalue weighted by molar-refractivity contribution is 5.40. The summed E-state index contributed by atoms with van der Waals surface area (Å²) >= 11 is 0. The number of rotatable bonds is 2. The van der Waals surface area contributed by atoms with Crippen LogP contribution in [-0.2, 0) is 5.41 Å². The molecule has 2 N–H and O–H groups in total. The zero-order chi connectivity index (χ0) is 14.0. The molecule has 4 nitrogen and oxygen atoms in total. The van der Waals surface area contributed by atoms with Gasteiger partial charge in [-0.2, -0.15) is 0 Å². The number of anilines is 1. The lowest BCUT2D eigenvalue weighted by Crippen LogP contribution is -2.11. The van der Waals surface area contributed by atoms with Crippen LogP contribution in [0.4, 0.5) is 5.82 Å². The van der Waals surface area contributed by atoms with Crippen molar-refractivity contribution in [3.8, 4) is 11.6 Å². The van der Waals surface area contributed by atoms with Crippen LogP contribution in [0.1, 0.15) is 31.9 Å². The number of hydrogen-bond acceptors (Lipinski definition) is 4. The molecule has 0 aliphatic carbocycles. The van der Waals surface area contributed by atoms with Crippen LogP contribution in [-0.4, -0.2) is 10.2 Å². The van der Waals surface area contributed by atoms with Crippen molar-refractivity contribution in [2.45, 2.75) is 33.1 Å². The third-order valence-electron chi connectivity index (χ3n) is 2.92. The molecule has 0 atom stereocenters. The number of benzene rings is 1. The monoisotopic (exact) mass is 257 g/mol. The van der Waals surface area contributed by atoms with Crippen molar-refractivity contribution in [2.24, 2.45) is 0 Å². The van der Waals surface area contributed by atoms with E-state index in [0.717, 1.165) is 11.3 Å². The molecule has 0 fully saturated rings. The fourth-order valence-electron chi connectivity index (χ4n) is 1.73. The Hall–Kier alpha value is -2.10. The number of nitrogens with zero attached hydrogens (tertiary/aromatic N) is 2. The Bertz CT molecular complexity index is 571. The van der Waals surface area contributed by atoms with Crippen LogP contribution < -0.4 is 10.5 Å². The lowest BCUT2D eigenvalue weighted by Gasteiger charge is -2.20. The Balaban J connectivity index is 2.24. The number of nitrogen functional groups attached to an aromatic ring is 1.